The molecule has 0 fully saturated rings. The highest BCUT2D eigenvalue weighted by molar-refractivity contribution is 5.91. The summed E-state index contributed by atoms with van der Waals surface area (Å²) in [5, 5.41) is 17.5. The van der Waals surface area contributed by atoms with Crippen LogP contribution in [-0.2, 0) is 13.1 Å². The predicted octanol–water partition coefficient (Wildman–Crippen LogP) is 4.73. The van der Waals surface area contributed by atoms with E-state index in [-0.39, 0.29) is 5.56 Å². The van der Waals surface area contributed by atoms with Crippen LogP contribution in [0.4, 0.5) is 0 Å². The summed E-state index contributed by atoms with van der Waals surface area (Å²) in [6.45, 7) is 1.05. The SMILES string of the molecule is O=c1c(-c2ccc3ncccc3c2)cn(CCn2cnnn2)c2c(-c3ccccc3)c(-c3ccccc3)nn12. The van der Waals surface area contributed by atoms with Crippen molar-refractivity contribution in [1.29, 1.82) is 0 Å². The van der Waals surface area contributed by atoms with Gasteiger partial charge in [0.1, 0.15) is 17.7 Å². The first-order valence-corrected chi connectivity index (χ1v) is 12.6. The van der Waals surface area contributed by atoms with E-state index in [9.17, 15) is 4.79 Å². The van der Waals surface area contributed by atoms with Gasteiger partial charge in [0.25, 0.3) is 5.56 Å². The fourth-order valence-corrected chi connectivity index (χ4v) is 4.98. The van der Waals surface area contributed by atoms with E-state index in [4.69, 9.17) is 5.10 Å². The lowest BCUT2D eigenvalue weighted by molar-refractivity contribution is 0.521. The Morgan fingerprint density at radius 2 is 1.56 bits per heavy atom. The predicted molar refractivity (Wildman–Crippen MR) is 149 cm³/mol. The second-order valence-corrected chi connectivity index (χ2v) is 9.22. The van der Waals surface area contributed by atoms with Gasteiger partial charge in [-0.3, -0.25) is 9.78 Å². The summed E-state index contributed by atoms with van der Waals surface area (Å²) >= 11 is 0. The van der Waals surface area contributed by atoms with Crippen LogP contribution in [0.3, 0.4) is 0 Å². The van der Waals surface area contributed by atoms with Gasteiger partial charge in [-0.1, -0.05) is 72.8 Å². The van der Waals surface area contributed by atoms with Crippen LogP contribution in [0.2, 0.25) is 0 Å². The van der Waals surface area contributed by atoms with Crippen LogP contribution in [0.5, 0.6) is 0 Å². The second-order valence-electron chi connectivity index (χ2n) is 9.22. The Kier molecular flexibility index (Phi) is 5.51. The zero-order valence-electron chi connectivity index (χ0n) is 20.8. The Bertz CT molecular complexity index is 1980. The van der Waals surface area contributed by atoms with E-state index in [1.807, 2.05) is 97.2 Å². The molecule has 0 aliphatic rings. The average molecular weight is 511 g/mol. The summed E-state index contributed by atoms with van der Waals surface area (Å²) in [5.41, 5.74) is 6.30. The van der Waals surface area contributed by atoms with Crippen LogP contribution in [-0.4, -0.2) is 39.4 Å². The number of fused-ring (bicyclic) bond motifs is 2. The van der Waals surface area contributed by atoms with E-state index in [0.717, 1.165) is 38.9 Å². The van der Waals surface area contributed by atoms with E-state index in [1.165, 1.54) is 4.52 Å². The van der Waals surface area contributed by atoms with Crippen molar-refractivity contribution in [2.45, 2.75) is 13.1 Å². The minimum Gasteiger partial charge on any atom is -0.330 e. The van der Waals surface area contributed by atoms with Gasteiger partial charge in [0.15, 0.2) is 0 Å². The lowest BCUT2D eigenvalue weighted by Crippen LogP contribution is -2.22. The van der Waals surface area contributed by atoms with E-state index < -0.39 is 0 Å². The molecular weight excluding hydrogens is 488 g/mol. The topological polar surface area (TPSA) is 95.8 Å². The summed E-state index contributed by atoms with van der Waals surface area (Å²) in [7, 11) is 0. The van der Waals surface area contributed by atoms with Crippen molar-refractivity contribution < 1.29 is 0 Å². The molecule has 4 aromatic heterocycles. The number of aryl methyl sites for hydroxylation is 2. The molecule has 0 atom stereocenters. The Labute approximate surface area is 222 Å². The van der Waals surface area contributed by atoms with Gasteiger partial charge < -0.3 is 4.57 Å². The van der Waals surface area contributed by atoms with Crippen LogP contribution in [0.25, 0.3) is 50.1 Å². The van der Waals surface area contributed by atoms with Crippen molar-refractivity contribution in [3.8, 4) is 33.5 Å². The Morgan fingerprint density at radius 3 is 2.33 bits per heavy atom. The van der Waals surface area contributed by atoms with Gasteiger partial charge in [-0.2, -0.15) is 9.61 Å². The number of aromatic nitrogens is 8. The number of pyridine rings is 1. The molecule has 0 radical (unpaired) electrons. The number of nitrogens with zero attached hydrogens (tertiary/aromatic N) is 8. The quantitative estimate of drug-likeness (QED) is 0.321. The summed E-state index contributed by atoms with van der Waals surface area (Å²) < 4.78 is 5.29. The summed E-state index contributed by atoms with van der Waals surface area (Å²) in [6, 6.07) is 29.8. The maximum atomic E-state index is 14.1. The Morgan fingerprint density at radius 1 is 0.769 bits per heavy atom. The van der Waals surface area contributed by atoms with Gasteiger partial charge in [-0.25, -0.2) is 4.68 Å². The van der Waals surface area contributed by atoms with Crippen LogP contribution >= 0.6 is 0 Å². The molecule has 39 heavy (non-hydrogen) atoms. The fraction of sp³-hybridized carbons (Fsp3) is 0.0667. The summed E-state index contributed by atoms with van der Waals surface area (Å²) in [6.07, 6.45) is 5.27. The maximum absolute atomic E-state index is 14.1. The minimum atomic E-state index is -0.189. The molecule has 0 unspecified atom stereocenters. The van der Waals surface area contributed by atoms with Gasteiger partial charge in [0, 0.05) is 29.9 Å². The van der Waals surface area contributed by atoms with Crippen molar-refractivity contribution in [3.63, 3.8) is 0 Å². The molecule has 0 bridgehead atoms. The lowest BCUT2D eigenvalue weighted by Gasteiger charge is -2.14. The van der Waals surface area contributed by atoms with Crippen LogP contribution in [0.15, 0.2) is 115 Å². The lowest BCUT2D eigenvalue weighted by atomic mass is 10.0. The van der Waals surface area contributed by atoms with Crippen molar-refractivity contribution in [2.24, 2.45) is 0 Å². The number of tetrazole rings is 1. The molecule has 0 aliphatic heterocycles. The van der Waals surface area contributed by atoms with Crippen LogP contribution < -0.4 is 5.56 Å². The van der Waals surface area contributed by atoms with Gasteiger partial charge in [0.2, 0.25) is 0 Å². The van der Waals surface area contributed by atoms with E-state index in [1.54, 1.807) is 17.2 Å². The van der Waals surface area contributed by atoms with Gasteiger partial charge in [-0.15, -0.1) is 5.10 Å². The standard InChI is InChI=1S/C30H22N8O/c39-30-25(23-13-14-26-24(18-23)12-7-15-31-26)19-36(16-17-37-20-32-34-35-37)29-27(21-8-3-1-4-9-21)28(33-38(29)30)22-10-5-2-6-11-22/h1-15,18-20H,16-17H2. The highest BCUT2D eigenvalue weighted by Gasteiger charge is 2.22. The van der Waals surface area contributed by atoms with Crippen molar-refractivity contribution >= 4 is 16.6 Å². The molecule has 0 aliphatic carbocycles. The number of hydrogen-bond acceptors (Lipinski definition) is 6. The molecule has 0 N–H and O–H groups in total. The van der Waals surface area contributed by atoms with E-state index in [2.05, 4.69) is 25.1 Å². The van der Waals surface area contributed by atoms with Gasteiger partial charge in [-0.05, 0) is 39.8 Å². The molecule has 188 valence electrons. The molecule has 7 aromatic rings. The molecule has 3 aromatic carbocycles. The number of benzene rings is 3. The Balaban J connectivity index is 1.52. The smallest absolute Gasteiger partial charge is 0.282 e. The Hall–Kier alpha value is -5.44. The largest absolute Gasteiger partial charge is 0.330 e. The third-order valence-electron chi connectivity index (χ3n) is 6.83. The normalized spacial score (nSPS) is 11.4. The molecule has 0 spiro atoms. The van der Waals surface area contributed by atoms with E-state index in [0.29, 0.717) is 24.3 Å². The van der Waals surface area contributed by atoms with E-state index >= 15 is 0 Å². The van der Waals surface area contributed by atoms with Crippen molar-refractivity contribution in [2.75, 3.05) is 0 Å². The van der Waals surface area contributed by atoms with Gasteiger partial charge in [0.05, 0.1) is 23.2 Å². The summed E-state index contributed by atoms with van der Waals surface area (Å²) in [4.78, 5) is 18.5. The fourth-order valence-electron chi connectivity index (χ4n) is 4.98. The molecule has 0 saturated carbocycles. The highest BCUT2D eigenvalue weighted by Crippen LogP contribution is 2.35. The average Bonchev–Trinajstić information content (AvgIpc) is 3.67. The van der Waals surface area contributed by atoms with Crippen LogP contribution in [0, 0.1) is 0 Å². The summed E-state index contributed by atoms with van der Waals surface area (Å²) in [5.74, 6) is 0. The first kappa shape index (κ1) is 22.7. The van der Waals surface area contributed by atoms with Crippen molar-refractivity contribution in [1.82, 2.24) is 39.4 Å². The molecule has 9 nitrogen and oxygen atoms in total. The molecular formula is C30H22N8O. The third kappa shape index (κ3) is 4.06. The minimum absolute atomic E-state index is 0.189. The van der Waals surface area contributed by atoms with Crippen LogP contribution in [0.1, 0.15) is 0 Å². The molecule has 4 heterocycles. The third-order valence-corrected chi connectivity index (χ3v) is 6.83. The molecule has 0 saturated heterocycles. The molecule has 9 heteroatoms. The first-order valence-electron chi connectivity index (χ1n) is 12.6. The maximum Gasteiger partial charge on any atom is 0.282 e. The molecule has 0 amide bonds. The zero-order chi connectivity index (χ0) is 26.2. The monoisotopic (exact) mass is 510 g/mol. The number of hydrogen-bond donors (Lipinski definition) is 0. The van der Waals surface area contributed by atoms with Gasteiger partial charge >= 0.3 is 0 Å². The first-order chi connectivity index (χ1) is 19.3. The number of rotatable bonds is 6. The second kappa shape index (κ2) is 9.46. The van der Waals surface area contributed by atoms with Crippen molar-refractivity contribution in [3.05, 3.63) is 120 Å². The highest BCUT2D eigenvalue weighted by atomic mass is 16.1. The zero-order valence-corrected chi connectivity index (χ0v) is 20.8. The molecule has 7 rings (SSSR count).